The van der Waals surface area contributed by atoms with E-state index in [1.807, 2.05) is 13.8 Å². The van der Waals surface area contributed by atoms with Gasteiger partial charge in [-0.3, -0.25) is 4.79 Å². The van der Waals surface area contributed by atoms with E-state index in [1.54, 1.807) is 0 Å². The highest BCUT2D eigenvalue weighted by Gasteiger charge is 2.27. The summed E-state index contributed by atoms with van der Waals surface area (Å²) >= 11 is 0. The maximum atomic E-state index is 12.0. The van der Waals surface area contributed by atoms with Gasteiger partial charge in [-0.05, 0) is 25.2 Å². The van der Waals surface area contributed by atoms with Gasteiger partial charge in [0.15, 0.2) is 0 Å². The van der Waals surface area contributed by atoms with Crippen molar-refractivity contribution >= 4 is 11.9 Å². The smallest absolute Gasteiger partial charge is 0.312 e. The van der Waals surface area contributed by atoms with Crippen LogP contribution in [0.5, 0.6) is 0 Å². The van der Waals surface area contributed by atoms with Crippen LogP contribution in [0.1, 0.15) is 39.5 Å². The van der Waals surface area contributed by atoms with Gasteiger partial charge in [0.1, 0.15) is 6.04 Å². The molecule has 19 heavy (non-hydrogen) atoms. The Bertz CT molecular complexity index is 320. The van der Waals surface area contributed by atoms with Crippen molar-refractivity contribution in [1.82, 2.24) is 10.6 Å². The third-order valence-electron chi connectivity index (χ3n) is 3.50. The van der Waals surface area contributed by atoms with Crippen molar-refractivity contribution in [2.75, 3.05) is 6.54 Å². The average molecular weight is 271 g/mol. The van der Waals surface area contributed by atoms with Crippen LogP contribution in [0.3, 0.4) is 0 Å². The fraction of sp³-hybridized carbons (Fsp3) is 0.846. The van der Waals surface area contributed by atoms with Gasteiger partial charge in [0, 0.05) is 12.5 Å². The van der Waals surface area contributed by atoms with Gasteiger partial charge < -0.3 is 21.5 Å². The molecule has 0 aromatic carbocycles. The molecule has 0 spiro atoms. The largest absolute Gasteiger partial charge is 0.393 e. The van der Waals surface area contributed by atoms with E-state index in [-0.39, 0.29) is 23.8 Å². The Labute approximate surface area is 114 Å². The van der Waals surface area contributed by atoms with E-state index < -0.39 is 12.1 Å². The minimum atomic E-state index is -0.693. The number of hydrogen-bond donors (Lipinski definition) is 4. The van der Waals surface area contributed by atoms with Crippen LogP contribution in [-0.4, -0.2) is 35.7 Å². The van der Waals surface area contributed by atoms with Gasteiger partial charge in [-0.25, -0.2) is 4.79 Å². The zero-order valence-electron chi connectivity index (χ0n) is 11.7. The maximum absolute atomic E-state index is 12.0. The molecule has 1 rings (SSSR count). The Hall–Kier alpha value is -1.30. The van der Waals surface area contributed by atoms with Gasteiger partial charge in [0.2, 0.25) is 5.91 Å². The molecule has 0 aromatic heterocycles. The monoisotopic (exact) mass is 271 g/mol. The molecule has 0 saturated heterocycles. The second-order valence-electron chi connectivity index (χ2n) is 5.69. The number of nitrogens with one attached hydrogen (secondary N) is 2. The first-order valence-corrected chi connectivity index (χ1v) is 6.92. The van der Waals surface area contributed by atoms with Crippen LogP contribution < -0.4 is 16.4 Å². The lowest BCUT2D eigenvalue weighted by molar-refractivity contribution is -0.123. The highest BCUT2D eigenvalue weighted by molar-refractivity contribution is 5.86. The second-order valence-corrected chi connectivity index (χ2v) is 5.69. The Kier molecular flexibility index (Phi) is 6.08. The number of carbonyl (C=O) groups excluding carboxylic acids is 2. The van der Waals surface area contributed by atoms with Crippen molar-refractivity contribution in [1.29, 1.82) is 0 Å². The Morgan fingerprint density at radius 1 is 1.37 bits per heavy atom. The van der Waals surface area contributed by atoms with Crippen molar-refractivity contribution in [2.45, 2.75) is 51.7 Å². The summed E-state index contributed by atoms with van der Waals surface area (Å²) < 4.78 is 0. The van der Waals surface area contributed by atoms with Crippen molar-refractivity contribution in [3.8, 4) is 0 Å². The van der Waals surface area contributed by atoms with Crippen LogP contribution in [0.25, 0.3) is 0 Å². The summed E-state index contributed by atoms with van der Waals surface area (Å²) in [6.07, 6.45) is 2.95. The first-order chi connectivity index (χ1) is 8.90. The number of primary amides is 1. The molecule has 1 aliphatic carbocycles. The van der Waals surface area contributed by atoms with E-state index >= 15 is 0 Å². The van der Waals surface area contributed by atoms with Crippen molar-refractivity contribution < 1.29 is 14.7 Å². The number of rotatable bonds is 6. The van der Waals surface area contributed by atoms with E-state index in [0.29, 0.717) is 13.0 Å². The zero-order valence-corrected chi connectivity index (χ0v) is 11.7. The molecule has 110 valence electrons. The number of amides is 3. The molecule has 3 atom stereocenters. The van der Waals surface area contributed by atoms with Crippen LogP contribution in [0.15, 0.2) is 0 Å². The lowest BCUT2D eigenvalue weighted by atomic mass is 10.0. The predicted molar refractivity (Wildman–Crippen MR) is 72.3 cm³/mol. The molecule has 1 saturated carbocycles. The molecule has 0 heterocycles. The molecule has 0 aliphatic heterocycles. The summed E-state index contributed by atoms with van der Waals surface area (Å²) in [6, 6.07) is -1.29. The topological polar surface area (TPSA) is 104 Å². The quantitative estimate of drug-likeness (QED) is 0.560. The Balaban J connectivity index is 2.44. The third-order valence-corrected chi connectivity index (χ3v) is 3.50. The minimum absolute atomic E-state index is 0.122. The minimum Gasteiger partial charge on any atom is -0.393 e. The van der Waals surface area contributed by atoms with E-state index in [1.165, 1.54) is 0 Å². The number of urea groups is 1. The molecule has 3 unspecified atom stereocenters. The summed E-state index contributed by atoms with van der Waals surface area (Å²) in [4.78, 5) is 22.9. The molecule has 1 fully saturated rings. The molecule has 0 aromatic rings. The lowest BCUT2D eigenvalue weighted by Crippen LogP contribution is -2.50. The summed E-state index contributed by atoms with van der Waals surface area (Å²) in [5.74, 6) is 0.170. The number of nitrogens with two attached hydrogens (primary N) is 1. The van der Waals surface area contributed by atoms with Gasteiger partial charge in [-0.2, -0.15) is 0 Å². The van der Waals surface area contributed by atoms with Crippen molar-refractivity contribution in [3.05, 3.63) is 0 Å². The Morgan fingerprint density at radius 3 is 2.53 bits per heavy atom. The molecule has 6 heteroatoms. The van der Waals surface area contributed by atoms with Gasteiger partial charge in [-0.1, -0.05) is 20.3 Å². The number of aliphatic hydroxyl groups excluding tert-OH is 1. The van der Waals surface area contributed by atoms with E-state index in [2.05, 4.69) is 10.6 Å². The fourth-order valence-electron chi connectivity index (χ4n) is 2.48. The summed E-state index contributed by atoms with van der Waals surface area (Å²) in [6.45, 7) is 4.41. The lowest BCUT2D eigenvalue weighted by Gasteiger charge is -2.21. The predicted octanol–water partition coefficient (Wildman–Crippen LogP) is 0.347. The first kappa shape index (κ1) is 15.8. The Morgan fingerprint density at radius 2 is 2.05 bits per heavy atom. The second kappa shape index (κ2) is 7.33. The zero-order chi connectivity index (χ0) is 14.4. The summed E-state index contributed by atoms with van der Waals surface area (Å²) in [5, 5.41) is 14.9. The van der Waals surface area contributed by atoms with Gasteiger partial charge in [0.05, 0.1) is 6.10 Å². The van der Waals surface area contributed by atoms with E-state index in [9.17, 15) is 14.7 Å². The van der Waals surface area contributed by atoms with Gasteiger partial charge >= 0.3 is 6.03 Å². The molecule has 3 amide bonds. The van der Waals surface area contributed by atoms with Crippen LogP contribution in [0, 0.1) is 11.8 Å². The van der Waals surface area contributed by atoms with Crippen molar-refractivity contribution in [3.63, 3.8) is 0 Å². The molecular weight excluding hydrogens is 246 g/mol. The summed E-state index contributed by atoms with van der Waals surface area (Å²) in [7, 11) is 0. The number of aliphatic hydroxyl groups is 1. The highest BCUT2D eigenvalue weighted by atomic mass is 16.3. The van der Waals surface area contributed by atoms with Crippen LogP contribution in [-0.2, 0) is 4.79 Å². The molecule has 0 bridgehead atoms. The maximum Gasteiger partial charge on any atom is 0.312 e. The fourth-order valence-corrected chi connectivity index (χ4v) is 2.48. The highest BCUT2D eigenvalue weighted by Crippen LogP contribution is 2.24. The molecular formula is C13H25N3O3. The summed E-state index contributed by atoms with van der Waals surface area (Å²) in [5.41, 5.74) is 5.08. The first-order valence-electron chi connectivity index (χ1n) is 6.92. The average Bonchev–Trinajstić information content (AvgIpc) is 2.69. The normalized spacial score (nSPS) is 24.2. The van der Waals surface area contributed by atoms with Gasteiger partial charge in [-0.15, -0.1) is 0 Å². The van der Waals surface area contributed by atoms with Crippen LogP contribution >= 0.6 is 0 Å². The SMILES string of the molecule is CC(C)CC(NC(N)=O)C(=O)NCC1CCCC1O. The van der Waals surface area contributed by atoms with Crippen LogP contribution in [0.2, 0.25) is 0 Å². The van der Waals surface area contributed by atoms with Crippen LogP contribution in [0.4, 0.5) is 4.79 Å². The van der Waals surface area contributed by atoms with E-state index in [0.717, 1.165) is 19.3 Å². The standard InChI is InChI=1S/C13H25N3O3/c1-8(2)6-10(16-13(14)19)12(18)15-7-9-4-3-5-11(9)17/h8-11,17H,3-7H2,1-2H3,(H,15,18)(H3,14,16,19). The molecule has 6 nitrogen and oxygen atoms in total. The number of carbonyl (C=O) groups is 2. The third kappa shape index (κ3) is 5.46. The molecule has 1 aliphatic rings. The van der Waals surface area contributed by atoms with Gasteiger partial charge in [0.25, 0.3) is 0 Å². The molecule has 5 N–H and O–H groups in total. The molecule has 0 radical (unpaired) electrons. The van der Waals surface area contributed by atoms with Crippen molar-refractivity contribution in [2.24, 2.45) is 17.6 Å². The van der Waals surface area contributed by atoms with E-state index in [4.69, 9.17) is 5.73 Å². The number of hydrogen-bond acceptors (Lipinski definition) is 3.